The predicted molar refractivity (Wildman–Crippen MR) is 74.3 cm³/mol. The van der Waals surface area contributed by atoms with Crippen molar-refractivity contribution in [1.29, 1.82) is 0 Å². The zero-order valence-corrected chi connectivity index (χ0v) is 11.6. The van der Waals surface area contributed by atoms with Gasteiger partial charge in [-0.2, -0.15) is 0 Å². The lowest BCUT2D eigenvalue weighted by atomic mass is 10.0. The molecule has 0 aliphatic carbocycles. The average molecular weight is 267 g/mol. The lowest BCUT2D eigenvalue weighted by Gasteiger charge is -2.14. The summed E-state index contributed by atoms with van der Waals surface area (Å²) in [5.41, 5.74) is 2.17. The third-order valence-corrected chi connectivity index (χ3v) is 4.53. The van der Waals surface area contributed by atoms with Crippen LogP contribution < -0.4 is 11.3 Å². The van der Waals surface area contributed by atoms with Crippen LogP contribution in [-0.2, 0) is 6.54 Å². The van der Waals surface area contributed by atoms with Gasteiger partial charge in [0.2, 0.25) is 0 Å². The monoisotopic (exact) mass is 267 g/mol. The van der Waals surface area contributed by atoms with E-state index in [0.29, 0.717) is 4.88 Å². The van der Waals surface area contributed by atoms with Crippen molar-refractivity contribution in [2.75, 3.05) is 13.1 Å². The maximum Gasteiger partial charge on any atom is 0.275 e. The Labute approximate surface area is 112 Å². The number of nitrogen functional groups attached to an aromatic ring is 1. The third-order valence-electron chi connectivity index (χ3n) is 3.46. The Hall–Kier alpha value is -0.910. The number of hydrogen-bond acceptors (Lipinski definition) is 4. The minimum atomic E-state index is -0.198. The minimum Gasteiger partial charge on any atom is -0.298 e. The summed E-state index contributed by atoms with van der Waals surface area (Å²) >= 11 is 1.53. The number of thiophene rings is 1. The Morgan fingerprint density at radius 2 is 2.44 bits per heavy atom. The third kappa shape index (κ3) is 3.31. The van der Waals surface area contributed by atoms with E-state index in [1.54, 1.807) is 0 Å². The fourth-order valence-electron chi connectivity index (χ4n) is 2.58. The molecule has 1 aliphatic rings. The molecular formula is C13H21N3OS. The van der Waals surface area contributed by atoms with Crippen LogP contribution in [0.2, 0.25) is 0 Å². The second-order valence-electron chi connectivity index (χ2n) is 4.92. The second kappa shape index (κ2) is 6.31. The van der Waals surface area contributed by atoms with Crippen molar-refractivity contribution < 1.29 is 4.79 Å². The summed E-state index contributed by atoms with van der Waals surface area (Å²) in [5, 5.41) is 0. The first-order valence-electron chi connectivity index (χ1n) is 6.55. The van der Waals surface area contributed by atoms with Crippen LogP contribution >= 0.6 is 11.3 Å². The number of hydrazine groups is 1. The Morgan fingerprint density at radius 3 is 3.17 bits per heavy atom. The number of carbonyl (C=O) groups excluding carboxylic acids is 1. The number of nitrogens with one attached hydrogen (secondary N) is 1. The summed E-state index contributed by atoms with van der Waals surface area (Å²) in [6.45, 7) is 5.59. The molecule has 4 nitrogen and oxygen atoms in total. The fourth-order valence-corrected chi connectivity index (χ4v) is 3.53. The van der Waals surface area contributed by atoms with Gasteiger partial charge in [0.15, 0.2) is 0 Å². The van der Waals surface area contributed by atoms with E-state index in [2.05, 4.69) is 17.2 Å². The van der Waals surface area contributed by atoms with Gasteiger partial charge in [-0.15, -0.1) is 11.3 Å². The molecule has 18 heavy (non-hydrogen) atoms. The molecule has 0 spiro atoms. The van der Waals surface area contributed by atoms with Crippen LogP contribution in [0.5, 0.6) is 0 Å². The first-order chi connectivity index (χ1) is 8.72. The number of rotatable bonds is 5. The first-order valence-corrected chi connectivity index (χ1v) is 7.36. The van der Waals surface area contributed by atoms with E-state index >= 15 is 0 Å². The van der Waals surface area contributed by atoms with E-state index in [1.807, 2.05) is 12.1 Å². The Bertz CT molecular complexity index is 405. The molecule has 0 aromatic carbocycles. The molecule has 100 valence electrons. The molecule has 5 heteroatoms. The van der Waals surface area contributed by atoms with Crippen molar-refractivity contribution >= 4 is 17.2 Å². The molecule has 1 unspecified atom stereocenters. The van der Waals surface area contributed by atoms with Gasteiger partial charge >= 0.3 is 0 Å². The molecular weight excluding hydrogens is 246 g/mol. The van der Waals surface area contributed by atoms with Crippen molar-refractivity contribution in [2.24, 2.45) is 11.8 Å². The summed E-state index contributed by atoms with van der Waals surface area (Å²) in [6.07, 6.45) is 3.93. The highest BCUT2D eigenvalue weighted by atomic mass is 32.1. The lowest BCUT2D eigenvalue weighted by Crippen LogP contribution is -2.29. The van der Waals surface area contributed by atoms with Crippen molar-refractivity contribution in [2.45, 2.75) is 32.7 Å². The van der Waals surface area contributed by atoms with E-state index in [4.69, 9.17) is 5.84 Å². The van der Waals surface area contributed by atoms with Gasteiger partial charge in [-0.3, -0.25) is 15.1 Å². The molecule has 0 radical (unpaired) electrons. The second-order valence-corrected chi connectivity index (χ2v) is 6.09. The standard InChI is InChI=1S/C13H21N3OS/c1-2-3-10-6-7-16(8-10)9-11-4-5-12(18-11)13(17)15-14/h4-5,10H,2-3,6-9,14H2,1H3,(H,15,17). The highest BCUT2D eigenvalue weighted by molar-refractivity contribution is 7.14. The van der Waals surface area contributed by atoms with Gasteiger partial charge in [-0.25, -0.2) is 5.84 Å². The SMILES string of the molecule is CCCC1CCN(Cc2ccc(C(=O)NN)s2)C1. The molecule has 2 heterocycles. The van der Waals surface area contributed by atoms with E-state index in [1.165, 1.54) is 48.6 Å². The number of likely N-dealkylation sites (tertiary alicyclic amines) is 1. The van der Waals surface area contributed by atoms with E-state index < -0.39 is 0 Å². The highest BCUT2D eigenvalue weighted by Gasteiger charge is 2.22. The van der Waals surface area contributed by atoms with Crippen molar-refractivity contribution in [3.05, 3.63) is 21.9 Å². The maximum atomic E-state index is 11.4. The molecule has 1 aliphatic heterocycles. The number of amides is 1. The molecule has 1 amide bonds. The number of carbonyl (C=O) groups is 1. The molecule has 3 N–H and O–H groups in total. The largest absolute Gasteiger partial charge is 0.298 e. The highest BCUT2D eigenvalue weighted by Crippen LogP contribution is 2.25. The lowest BCUT2D eigenvalue weighted by molar-refractivity contribution is 0.0957. The van der Waals surface area contributed by atoms with Crippen LogP contribution in [0.3, 0.4) is 0 Å². The maximum absolute atomic E-state index is 11.4. The molecule has 0 bridgehead atoms. The quantitative estimate of drug-likeness (QED) is 0.487. The number of hydrogen-bond donors (Lipinski definition) is 2. The summed E-state index contributed by atoms with van der Waals surface area (Å²) in [5.74, 6) is 5.79. The Balaban J connectivity index is 1.87. The topological polar surface area (TPSA) is 58.4 Å². The predicted octanol–water partition coefficient (Wildman–Crippen LogP) is 1.97. The first kappa shape index (κ1) is 13.5. The molecule has 1 aromatic rings. The Kier molecular flexibility index (Phi) is 4.74. The van der Waals surface area contributed by atoms with Gasteiger partial charge in [0.25, 0.3) is 5.91 Å². The van der Waals surface area contributed by atoms with Crippen LogP contribution in [0.4, 0.5) is 0 Å². The van der Waals surface area contributed by atoms with Crippen LogP contribution in [-0.4, -0.2) is 23.9 Å². The normalized spacial score (nSPS) is 20.2. The smallest absolute Gasteiger partial charge is 0.275 e. The van der Waals surface area contributed by atoms with Crippen LogP contribution in [0.1, 0.15) is 40.7 Å². The van der Waals surface area contributed by atoms with Gasteiger partial charge in [-0.05, 0) is 37.4 Å². The molecule has 1 aromatic heterocycles. The zero-order chi connectivity index (χ0) is 13.0. The van der Waals surface area contributed by atoms with Crippen LogP contribution in [0, 0.1) is 5.92 Å². The summed E-state index contributed by atoms with van der Waals surface area (Å²) in [6, 6.07) is 3.88. The molecule has 0 saturated carbocycles. The zero-order valence-electron chi connectivity index (χ0n) is 10.8. The molecule has 1 fully saturated rings. The van der Waals surface area contributed by atoms with E-state index in [9.17, 15) is 4.79 Å². The van der Waals surface area contributed by atoms with Gasteiger partial charge in [0, 0.05) is 18.0 Å². The van der Waals surface area contributed by atoms with Gasteiger partial charge < -0.3 is 0 Å². The molecule has 2 rings (SSSR count). The van der Waals surface area contributed by atoms with Crippen molar-refractivity contribution in [3.8, 4) is 0 Å². The average Bonchev–Trinajstić information content (AvgIpc) is 2.99. The molecule has 1 saturated heterocycles. The van der Waals surface area contributed by atoms with Crippen LogP contribution in [0.25, 0.3) is 0 Å². The van der Waals surface area contributed by atoms with Crippen LogP contribution in [0.15, 0.2) is 12.1 Å². The number of nitrogens with two attached hydrogens (primary N) is 1. The van der Waals surface area contributed by atoms with Crippen molar-refractivity contribution in [1.82, 2.24) is 10.3 Å². The number of nitrogens with zero attached hydrogens (tertiary/aromatic N) is 1. The fraction of sp³-hybridized carbons (Fsp3) is 0.615. The van der Waals surface area contributed by atoms with E-state index in [0.717, 1.165) is 12.5 Å². The Morgan fingerprint density at radius 1 is 1.61 bits per heavy atom. The summed E-state index contributed by atoms with van der Waals surface area (Å²) in [7, 11) is 0. The van der Waals surface area contributed by atoms with Gasteiger partial charge in [0.05, 0.1) is 4.88 Å². The summed E-state index contributed by atoms with van der Waals surface area (Å²) < 4.78 is 0. The van der Waals surface area contributed by atoms with Gasteiger partial charge in [-0.1, -0.05) is 13.3 Å². The minimum absolute atomic E-state index is 0.198. The van der Waals surface area contributed by atoms with Crippen molar-refractivity contribution in [3.63, 3.8) is 0 Å². The summed E-state index contributed by atoms with van der Waals surface area (Å²) in [4.78, 5) is 15.8. The molecule has 1 atom stereocenters. The van der Waals surface area contributed by atoms with E-state index in [-0.39, 0.29) is 5.91 Å². The van der Waals surface area contributed by atoms with Gasteiger partial charge in [0.1, 0.15) is 0 Å².